The summed E-state index contributed by atoms with van der Waals surface area (Å²) in [5, 5.41) is 2.45. The predicted molar refractivity (Wildman–Crippen MR) is 132 cm³/mol. The monoisotopic (exact) mass is 412 g/mol. The van der Waals surface area contributed by atoms with E-state index in [9.17, 15) is 0 Å². The smallest absolute Gasteiger partial charge is 0.227 e. The van der Waals surface area contributed by atoms with Crippen molar-refractivity contribution in [3.8, 4) is 11.5 Å². The molecule has 0 saturated carbocycles. The molecule has 1 heterocycles. The highest BCUT2D eigenvalue weighted by atomic mass is 16.3. The van der Waals surface area contributed by atoms with Crippen LogP contribution in [0.3, 0.4) is 0 Å². The van der Waals surface area contributed by atoms with Gasteiger partial charge < -0.3 is 9.32 Å². The Morgan fingerprint density at radius 3 is 2.00 bits per heavy atom. The van der Waals surface area contributed by atoms with Crippen molar-refractivity contribution in [2.24, 2.45) is 0 Å². The quantitative estimate of drug-likeness (QED) is 0.293. The molecule has 0 N–H and O–H groups in total. The maximum atomic E-state index is 5.95. The van der Waals surface area contributed by atoms with Crippen LogP contribution in [0.4, 0.5) is 17.1 Å². The molecule has 0 bridgehead atoms. The third kappa shape index (κ3) is 3.30. The van der Waals surface area contributed by atoms with Crippen LogP contribution < -0.4 is 4.90 Å². The van der Waals surface area contributed by atoms with E-state index in [2.05, 4.69) is 101 Å². The summed E-state index contributed by atoms with van der Waals surface area (Å²) in [5.41, 5.74) is 5.92. The molecule has 0 aliphatic carbocycles. The summed E-state index contributed by atoms with van der Waals surface area (Å²) in [6.45, 7) is 0. The lowest BCUT2D eigenvalue weighted by Gasteiger charge is -2.26. The molecular formula is C29H20N2O. The second kappa shape index (κ2) is 7.71. The zero-order valence-electron chi connectivity index (χ0n) is 17.3. The molecule has 0 spiro atoms. The molecule has 0 saturated heterocycles. The highest BCUT2D eigenvalue weighted by Crippen LogP contribution is 2.37. The zero-order chi connectivity index (χ0) is 21.3. The summed E-state index contributed by atoms with van der Waals surface area (Å²) in [6, 6.07) is 41.7. The highest BCUT2D eigenvalue weighted by Gasteiger charge is 2.14. The number of hydrogen-bond acceptors (Lipinski definition) is 3. The van der Waals surface area contributed by atoms with Crippen molar-refractivity contribution >= 4 is 38.9 Å². The van der Waals surface area contributed by atoms with Gasteiger partial charge in [0.05, 0.1) is 0 Å². The number of anilines is 3. The fourth-order valence-electron chi connectivity index (χ4n) is 4.09. The molecule has 3 heteroatoms. The van der Waals surface area contributed by atoms with Gasteiger partial charge in [-0.15, -0.1) is 0 Å². The van der Waals surface area contributed by atoms with E-state index in [1.54, 1.807) is 0 Å². The summed E-state index contributed by atoms with van der Waals surface area (Å²) in [6.07, 6.45) is 0. The van der Waals surface area contributed by atoms with Crippen molar-refractivity contribution in [1.82, 2.24) is 4.98 Å². The normalized spacial score (nSPS) is 11.1. The van der Waals surface area contributed by atoms with Crippen LogP contribution in [0.2, 0.25) is 0 Å². The Hall–Kier alpha value is -4.37. The van der Waals surface area contributed by atoms with Gasteiger partial charge in [0.1, 0.15) is 5.52 Å². The van der Waals surface area contributed by atoms with Crippen LogP contribution in [-0.4, -0.2) is 4.98 Å². The second-order valence-corrected chi connectivity index (χ2v) is 7.74. The van der Waals surface area contributed by atoms with Gasteiger partial charge in [0.25, 0.3) is 0 Å². The summed E-state index contributed by atoms with van der Waals surface area (Å²) >= 11 is 0. The van der Waals surface area contributed by atoms with Gasteiger partial charge in [-0.25, -0.2) is 4.98 Å². The van der Waals surface area contributed by atoms with Crippen LogP contribution in [0.1, 0.15) is 0 Å². The molecule has 5 aromatic carbocycles. The SMILES string of the molecule is c1ccc(N(c2ccc(-c3nc4ccccc4o3)cc2)c2ccc3ccccc3c2)cc1. The lowest BCUT2D eigenvalue weighted by molar-refractivity contribution is 0.620. The Morgan fingerprint density at radius 1 is 0.531 bits per heavy atom. The molecule has 0 fully saturated rings. The first-order chi connectivity index (χ1) is 15.8. The highest BCUT2D eigenvalue weighted by molar-refractivity contribution is 5.89. The minimum absolute atomic E-state index is 0.634. The first-order valence-electron chi connectivity index (χ1n) is 10.7. The van der Waals surface area contributed by atoms with Crippen LogP contribution in [0.25, 0.3) is 33.3 Å². The number of benzene rings is 5. The number of rotatable bonds is 4. The van der Waals surface area contributed by atoms with E-state index >= 15 is 0 Å². The van der Waals surface area contributed by atoms with Gasteiger partial charge >= 0.3 is 0 Å². The predicted octanol–water partition coefficient (Wildman–Crippen LogP) is 8.12. The van der Waals surface area contributed by atoms with Crippen LogP contribution in [0, 0.1) is 0 Å². The lowest BCUT2D eigenvalue weighted by atomic mass is 10.1. The molecule has 0 radical (unpaired) electrons. The number of oxazole rings is 1. The van der Waals surface area contributed by atoms with E-state index in [1.165, 1.54) is 10.8 Å². The Labute approximate surface area is 186 Å². The maximum absolute atomic E-state index is 5.95. The molecule has 152 valence electrons. The Balaban J connectivity index is 1.43. The molecule has 32 heavy (non-hydrogen) atoms. The topological polar surface area (TPSA) is 29.3 Å². The van der Waals surface area contributed by atoms with E-state index in [1.807, 2.05) is 30.3 Å². The summed E-state index contributed by atoms with van der Waals surface area (Å²) < 4.78 is 5.95. The van der Waals surface area contributed by atoms with Crippen molar-refractivity contribution in [1.29, 1.82) is 0 Å². The van der Waals surface area contributed by atoms with Crippen LogP contribution in [0.5, 0.6) is 0 Å². The average molecular weight is 412 g/mol. The van der Waals surface area contributed by atoms with E-state index in [-0.39, 0.29) is 0 Å². The van der Waals surface area contributed by atoms with E-state index in [0.29, 0.717) is 5.89 Å². The maximum Gasteiger partial charge on any atom is 0.227 e. The molecule has 0 aliphatic rings. The fraction of sp³-hybridized carbons (Fsp3) is 0. The third-order valence-electron chi connectivity index (χ3n) is 5.67. The Bertz CT molecular complexity index is 1490. The minimum atomic E-state index is 0.634. The van der Waals surface area contributed by atoms with Gasteiger partial charge in [0.2, 0.25) is 5.89 Å². The van der Waals surface area contributed by atoms with Gasteiger partial charge in [-0.3, -0.25) is 0 Å². The molecule has 0 amide bonds. The Morgan fingerprint density at radius 2 is 1.19 bits per heavy atom. The second-order valence-electron chi connectivity index (χ2n) is 7.74. The summed E-state index contributed by atoms with van der Waals surface area (Å²) in [5.74, 6) is 0.634. The van der Waals surface area contributed by atoms with Crippen molar-refractivity contribution in [2.45, 2.75) is 0 Å². The van der Waals surface area contributed by atoms with Crippen molar-refractivity contribution in [3.63, 3.8) is 0 Å². The molecule has 0 aliphatic heterocycles. The molecule has 1 aromatic heterocycles. The molecule has 0 unspecified atom stereocenters. The lowest BCUT2D eigenvalue weighted by Crippen LogP contribution is -2.09. The van der Waals surface area contributed by atoms with E-state index in [0.717, 1.165) is 33.7 Å². The van der Waals surface area contributed by atoms with E-state index < -0.39 is 0 Å². The third-order valence-corrected chi connectivity index (χ3v) is 5.67. The number of para-hydroxylation sites is 3. The van der Waals surface area contributed by atoms with Crippen molar-refractivity contribution in [2.75, 3.05) is 4.90 Å². The first kappa shape index (κ1) is 18.4. The first-order valence-corrected chi connectivity index (χ1v) is 10.7. The summed E-state index contributed by atoms with van der Waals surface area (Å²) in [7, 11) is 0. The van der Waals surface area contributed by atoms with Gasteiger partial charge in [0.15, 0.2) is 5.58 Å². The number of fused-ring (bicyclic) bond motifs is 2. The molecular weight excluding hydrogens is 392 g/mol. The van der Waals surface area contributed by atoms with Crippen LogP contribution in [-0.2, 0) is 0 Å². The van der Waals surface area contributed by atoms with Crippen molar-refractivity contribution < 1.29 is 4.42 Å². The zero-order valence-corrected chi connectivity index (χ0v) is 17.3. The average Bonchev–Trinajstić information content (AvgIpc) is 3.30. The van der Waals surface area contributed by atoms with Gasteiger partial charge in [0, 0.05) is 22.6 Å². The van der Waals surface area contributed by atoms with Gasteiger partial charge in [-0.05, 0) is 71.4 Å². The molecule has 6 aromatic rings. The summed E-state index contributed by atoms with van der Waals surface area (Å²) in [4.78, 5) is 6.89. The Kier molecular flexibility index (Phi) is 4.43. The van der Waals surface area contributed by atoms with Crippen molar-refractivity contribution in [3.05, 3.63) is 121 Å². The number of nitrogens with zero attached hydrogens (tertiary/aromatic N) is 2. The van der Waals surface area contributed by atoms with Crippen LogP contribution in [0.15, 0.2) is 126 Å². The largest absolute Gasteiger partial charge is 0.436 e. The minimum Gasteiger partial charge on any atom is -0.436 e. The molecule has 0 atom stereocenters. The van der Waals surface area contributed by atoms with E-state index in [4.69, 9.17) is 4.42 Å². The number of aromatic nitrogens is 1. The van der Waals surface area contributed by atoms with Crippen LogP contribution >= 0.6 is 0 Å². The number of hydrogen-bond donors (Lipinski definition) is 0. The molecule has 6 rings (SSSR count). The van der Waals surface area contributed by atoms with Gasteiger partial charge in [-0.1, -0.05) is 60.7 Å². The fourth-order valence-corrected chi connectivity index (χ4v) is 4.09. The van der Waals surface area contributed by atoms with Gasteiger partial charge in [-0.2, -0.15) is 0 Å². The molecule has 3 nitrogen and oxygen atoms in total. The standard InChI is InChI=1S/C29H20N2O/c1-2-10-24(11-3-1)31(26-19-14-21-8-4-5-9-23(21)20-26)25-17-15-22(16-18-25)29-30-27-12-6-7-13-28(27)32-29/h1-20H.